The van der Waals surface area contributed by atoms with Crippen LogP contribution in [0.4, 0.5) is 11.8 Å². The Bertz CT molecular complexity index is 1250. The number of anilines is 2. The second kappa shape index (κ2) is 12.6. The van der Waals surface area contributed by atoms with E-state index in [1.54, 1.807) is 0 Å². The van der Waals surface area contributed by atoms with Crippen molar-refractivity contribution >= 4 is 22.9 Å². The highest BCUT2D eigenvalue weighted by atomic mass is 16.5. The van der Waals surface area contributed by atoms with Crippen LogP contribution in [0, 0.1) is 0 Å². The molecule has 3 aliphatic heterocycles. The minimum Gasteiger partial charge on any atom is -0.379 e. The molecular formula is C32H46N8O. The van der Waals surface area contributed by atoms with Gasteiger partial charge in [0.15, 0.2) is 17.0 Å². The summed E-state index contributed by atoms with van der Waals surface area (Å²) >= 11 is 0. The van der Waals surface area contributed by atoms with Crippen LogP contribution in [0.25, 0.3) is 11.2 Å². The fourth-order valence-corrected chi connectivity index (χ4v) is 7.42. The molecule has 1 N–H and O–H groups in total. The van der Waals surface area contributed by atoms with E-state index >= 15 is 0 Å². The molecule has 41 heavy (non-hydrogen) atoms. The molecule has 0 spiro atoms. The highest BCUT2D eigenvalue weighted by molar-refractivity contribution is 5.84. The lowest BCUT2D eigenvalue weighted by molar-refractivity contribution is 0.0114. The fourth-order valence-electron chi connectivity index (χ4n) is 7.42. The minimum absolute atomic E-state index is 0.403. The molecule has 1 aliphatic carbocycles. The summed E-state index contributed by atoms with van der Waals surface area (Å²) in [5, 5.41) is 3.86. The van der Waals surface area contributed by atoms with Crippen LogP contribution in [0.2, 0.25) is 0 Å². The Morgan fingerprint density at radius 1 is 0.780 bits per heavy atom. The molecule has 0 unspecified atom stereocenters. The summed E-state index contributed by atoms with van der Waals surface area (Å²) in [6, 6.07) is 12.4. The standard InChI is InChI=1S/C32H46N8O/c1-3-7-25(8-4-1)23-37-15-11-26(12-16-37)34-30-29-31(40(24-33-29)28-9-5-2-6-10-28)36-32(35-30)39-17-13-27(14-18-39)38-19-21-41-22-20-38/h1,3-4,7-8,24,26-28H,2,5-6,9-23H2,(H,34,35,36). The van der Waals surface area contributed by atoms with Gasteiger partial charge in [-0.3, -0.25) is 9.80 Å². The third-order valence-corrected chi connectivity index (χ3v) is 9.86. The Morgan fingerprint density at radius 3 is 2.29 bits per heavy atom. The molecule has 7 rings (SSSR count). The molecule has 5 heterocycles. The lowest BCUT2D eigenvalue weighted by Gasteiger charge is -2.40. The Morgan fingerprint density at radius 2 is 1.54 bits per heavy atom. The topological polar surface area (TPSA) is 74.6 Å². The molecule has 0 atom stereocenters. The van der Waals surface area contributed by atoms with E-state index in [9.17, 15) is 0 Å². The third kappa shape index (κ3) is 6.22. The number of rotatable bonds is 7. The predicted molar refractivity (Wildman–Crippen MR) is 163 cm³/mol. The summed E-state index contributed by atoms with van der Waals surface area (Å²) in [4.78, 5) is 22.9. The highest BCUT2D eigenvalue weighted by Crippen LogP contribution is 2.33. The minimum atomic E-state index is 0.403. The van der Waals surface area contributed by atoms with Crippen LogP contribution >= 0.6 is 0 Å². The molecule has 220 valence electrons. The van der Waals surface area contributed by atoms with E-state index < -0.39 is 0 Å². The van der Waals surface area contributed by atoms with Crippen molar-refractivity contribution < 1.29 is 4.74 Å². The van der Waals surface area contributed by atoms with Crippen LogP contribution in [-0.4, -0.2) is 93.9 Å². The maximum Gasteiger partial charge on any atom is 0.229 e. The Balaban J connectivity index is 1.08. The second-order valence-electron chi connectivity index (χ2n) is 12.5. The van der Waals surface area contributed by atoms with E-state index in [1.807, 2.05) is 6.33 Å². The Kier molecular flexibility index (Phi) is 8.35. The number of piperidine rings is 2. The van der Waals surface area contributed by atoms with Crippen molar-refractivity contribution in [2.45, 2.75) is 82.5 Å². The molecule has 0 amide bonds. The average molecular weight is 559 g/mol. The van der Waals surface area contributed by atoms with E-state index in [4.69, 9.17) is 19.7 Å². The molecule has 9 nitrogen and oxygen atoms in total. The molecule has 1 saturated carbocycles. The number of nitrogens with one attached hydrogen (secondary N) is 1. The molecule has 0 bridgehead atoms. The van der Waals surface area contributed by atoms with Gasteiger partial charge in [0.05, 0.1) is 19.5 Å². The van der Waals surface area contributed by atoms with Gasteiger partial charge in [0.25, 0.3) is 0 Å². The third-order valence-electron chi connectivity index (χ3n) is 9.86. The fraction of sp³-hybridized carbons (Fsp3) is 0.656. The summed E-state index contributed by atoms with van der Waals surface area (Å²) in [6.07, 6.45) is 13.0. The first-order chi connectivity index (χ1) is 20.3. The zero-order valence-corrected chi connectivity index (χ0v) is 24.5. The van der Waals surface area contributed by atoms with E-state index in [0.29, 0.717) is 18.1 Å². The first-order valence-corrected chi connectivity index (χ1v) is 16.1. The van der Waals surface area contributed by atoms with E-state index in [2.05, 4.69) is 54.9 Å². The predicted octanol–water partition coefficient (Wildman–Crippen LogP) is 4.71. The zero-order chi connectivity index (χ0) is 27.4. The van der Waals surface area contributed by atoms with E-state index in [0.717, 1.165) is 108 Å². The summed E-state index contributed by atoms with van der Waals surface area (Å²) < 4.78 is 7.96. The summed E-state index contributed by atoms with van der Waals surface area (Å²) in [7, 11) is 0. The molecule has 9 heteroatoms. The number of nitrogens with zero attached hydrogens (tertiary/aromatic N) is 7. The first-order valence-electron chi connectivity index (χ1n) is 16.1. The monoisotopic (exact) mass is 558 g/mol. The molecule has 4 fully saturated rings. The molecule has 1 aromatic carbocycles. The number of hydrogen-bond acceptors (Lipinski definition) is 8. The van der Waals surface area contributed by atoms with Gasteiger partial charge in [0, 0.05) is 63.9 Å². The summed E-state index contributed by atoms with van der Waals surface area (Å²) in [6.45, 7) is 9.08. The van der Waals surface area contributed by atoms with Gasteiger partial charge in [-0.1, -0.05) is 49.6 Å². The van der Waals surface area contributed by atoms with Gasteiger partial charge in [-0.25, -0.2) is 4.98 Å². The zero-order valence-electron chi connectivity index (χ0n) is 24.5. The molecule has 3 saturated heterocycles. The normalized spacial score (nSPS) is 22.9. The average Bonchev–Trinajstić information content (AvgIpc) is 3.48. The van der Waals surface area contributed by atoms with Gasteiger partial charge < -0.3 is 19.5 Å². The number of morpholine rings is 1. The van der Waals surface area contributed by atoms with Crippen LogP contribution in [0.5, 0.6) is 0 Å². The number of fused-ring (bicyclic) bond motifs is 1. The lowest BCUT2D eigenvalue weighted by Crippen LogP contribution is -2.49. The van der Waals surface area contributed by atoms with Gasteiger partial charge in [-0.15, -0.1) is 0 Å². The molecular weight excluding hydrogens is 512 g/mol. The molecule has 4 aliphatic rings. The van der Waals surface area contributed by atoms with Crippen molar-refractivity contribution in [1.82, 2.24) is 29.3 Å². The molecule has 0 radical (unpaired) electrons. The van der Waals surface area contributed by atoms with Crippen LogP contribution in [0.15, 0.2) is 36.7 Å². The van der Waals surface area contributed by atoms with Crippen molar-refractivity contribution in [3.63, 3.8) is 0 Å². The maximum atomic E-state index is 5.59. The number of aromatic nitrogens is 4. The number of likely N-dealkylation sites (tertiary alicyclic amines) is 1. The van der Waals surface area contributed by atoms with Gasteiger partial charge in [0.2, 0.25) is 5.95 Å². The van der Waals surface area contributed by atoms with Crippen molar-refractivity contribution in [3.8, 4) is 0 Å². The van der Waals surface area contributed by atoms with Crippen LogP contribution in [0.1, 0.15) is 69.4 Å². The van der Waals surface area contributed by atoms with Gasteiger partial charge in [0.1, 0.15) is 0 Å². The van der Waals surface area contributed by atoms with Gasteiger partial charge in [-0.05, 0) is 44.1 Å². The largest absolute Gasteiger partial charge is 0.379 e. The second-order valence-corrected chi connectivity index (χ2v) is 12.5. The van der Waals surface area contributed by atoms with Gasteiger partial charge >= 0.3 is 0 Å². The summed E-state index contributed by atoms with van der Waals surface area (Å²) in [5.41, 5.74) is 3.35. The highest BCUT2D eigenvalue weighted by Gasteiger charge is 2.29. The van der Waals surface area contributed by atoms with Gasteiger partial charge in [-0.2, -0.15) is 9.97 Å². The number of ether oxygens (including phenoxy) is 1. The summed E-state index contributed by atoms with van der Waals surface area (Å²) in [5.74, 6) is 1.80. The van der Waals surface area contributed by atoms with Crippen molar-refractivity contribution in [2.75, 3.05) is 62.7 Å². The lowest BCUT2D eigenvalue weighted by atomic mass is 9.95. The maximum absolute atomic E-state index is 5.59. The number of imidazole rings is 1. The molecule has 3 aromatic rings. The number of hydrogen-bond donors (Lipinski definition) is 1. The SMILES string of the molecule is c1ccc(CN2CCC(Nc3nc(N4CCC(N5CCOCC5)CC4)nc4c3ncn4C3CCCCC3)CC2)cc1. The first kappa shape index (κ1) is 27.1. The molecule has 2 aromatic heterocycles. The van der Waals surface area contributed by atoms with E-state index in [1.165, 1.54) is 37.7 Å². The Hall–Kier alpha value is -2.75. The van der Waals surface area contributed by atoms with Crippen molar-refractivity contribution in [1.29, 1.82) is 0 Å². The smallest absolute Gasteiger partial charge is 0.229 e. The van der Waals surface area contributed by atoms with E-state index in [-0.39, 0.29) is 0 Å². The quantitative estimate of drug-likeness (QED) is 0.447. The van der Waals surface area contributed by atoms with Crippen LogP contribution < -0.4 is 10.2 Å². The Labute approximate surface area is 244 Å². The van der Waals surface area contributed by atoms with Crippen LogP contribution in [-0.2, 0) is 11.3 Å². The van der Waals surface area contributed by atoms with Crippen molar-refractivity contribution in [3.05, 3.63) is 42.2 Å². The van der Waals surface area contributed by atoms with Crippen molar-refractivity contribution in [2.24, 2.45) is 0 Å². The van der Waals surface area contributed by atoms with Crippen LogP contribution in [0.3, 0.4) is 0 Å². The number of benzene rings is 1.